The molecule has 4 heteroatoms. The van der Waals surface area contributed by atoms with Gasteiger partial charge in [0.2, 0.25) is 0 Å². The van der Waals surface area contributed by atoms with Crippen LogP contribution in [-0.2, 0) is 18.2 Å². The third-order valence-electron chi connectivity index (χ3n) is 2.57. The summed E-state index contributed by atoms with van der Waals surface area (Å²) in [7, 11) is 1.97. The van der Waals surface area contributed by atoms with Crippen molar-refractivity contribution in [1.29, 1.82) is 0 Å². The van der Waals surface area contributed by atoms with Crippen molar-refractivity contribution in [3.8, 4) is 0 Å². The van der Waals surface area contributed by atoms with Gasteiger partial charge in [-0.1, -0.05) is 0 Å². The predicted molar refractivity (Wildman–Crippen MR) is 65.5 cm³/mol. The Morgan fingerprint density at radius 2 is 2.25 bits per heavy atom. The fourth-order valence-corrected chi connectivity index (χ4v) is 1.69. The van der Waals surface area contributed by atoms with Crippen LogP contribution in [0.3, 0.4) is 0 Å². The monoisotopic (exact) mass is 225 g/mol. The van der Waals surface area contributed by atoms with Crippen LogP contribution < -0.4 is 5.32 Å². The van der Waals surface area contributed by atoms with E-state index in [4.69, 9.17) is 4.74 Å². The van der Waals surface area contributed by atoms with Crippen LogP contribution in [0.2, 0.25) is 0 Å². The summed E-state index contributed by atoms with van der Waals surface area (Å²) in [6, 6.07) is 2.05. The van der Waals surface area contributed by atoms with Gasteiger partial charge in [-0.05, 0) is 26.8 Å². The van der Waals surface area contributed by atoms with Gasteiger partial charge < -0.3 is 10.1 Å². The minimum Gasteiger partial charge on any atom is -0.375 e. The van der Waals surface area contributed by atoms with E-state index in [1.54, 1.807) is 0 Å². The quantitative estimate of drug-likeness (QED) is 0.712. The molecule has 0 saturated heterocycles. The standard InChI is InChI=1S/C12H23N3O/c1-5-16-12(2,3)10-13-8-6-11-7-9-14-15(11)4/h7,9,13H,5-6,8,10H2,1-4H3. The highest BCUT2D eigenvalue weighted by Crippen LogP contribution is 2.06. The molecule has 0 radical (unpaired) electrons. The number of aryl methyl sites for hydroxylation is 1. The van der Waals surface area contributed by atoms with Gasteiger partial charge in [0.15, 0.2) is 0 Å². The summed E-state index contributed by atoms with van der Waals surface area (Å²) in [6.07, 6.45) is 2.83. The molecular weight excluding hydrogens is 202 g/mol. The molecule has 1 heterocycles. The van der Waals surface area contributed by atoms with Crippen LogP contribution >= 0.6 is 0 Å². The lowest BCUT2D eigenvalue weighted by Gasteiger charge is -2.25. The predicted octanol–water partition coefficient (Wildman–Crippen LogP) is 1.37. The third-order valence-corrected chi connectivity index (χ3v) is 2.57. The number of rotatable bonds is 7. The van der Waals surface area contributed by atoms with Crippen molar-refractivity contribution >= 4 is 0 Å². The van der Waals surface area contributed by atoms with Gasteiger partial charge in [0.05, 0.1) is 5.60 Å². The van der Waals surface area contributed by atoms with Crippen molar-refractivity contribution in [3.63, 3.8) is 0 Å². The maximum absolute atomic E-state index is 5.61. The molecule has 92 valence electrons. The van der Waals surface area contributed by atoms with Crippen molar-refractivity contribution in [1.82, 2.24) is 15.1 Å². The summed E-state index contributed by atoms with van der Waals surface area (Å²) in [4.78, 5) is 0. The van der Waals surface area contributed by atoms with Gasteiger partial charge in [-0.2, -0.15) is 5.10 Å². The molecule has 1 aromatic rings. The smallest absolute Gasteiger partial charge is 0.0750 e. The van der Waals surface area contributed by atoms with Crippen LogP contribution in [0.4, 0.5) is 0 Å². The molecule has 0 atom stereocenters. The first-order valence-electron chi connectivity index (χ1n) is 5.87. The lowest BCUT2D eigenvalue weighted by atomic mass is 10.1. The fourth-order valence-electron chi connectivity index (χ4n) is 1.69. The zero-order valence-corrected chi connectivity index (χ0v) is 10.8. The minimum absolute atomic E-state index is 0.0821. The fraction of sp³-hybridized carbons (Fsp3) is 0.750. The molecule has 0 fully saturated rings. The van der Waals surface area contributed by atoms with Gasteiger partial charge in [-0.3, -0.25) is 4.68 Å². The summed E-state index contributed by atoms with van der Waals surface area (Å²) in [6.45, 7) is 8.82. The zero-order chi connectivity index (χ0) is 12.0. The first kappa shape index (κ1) is 13.2. The lowest BCUT2D eigenvalue weighted by molar-refractivity contribution is -0.00858. The molecule has 1 N–H and O–H groups in total. The van der Waals surface area contributed by atoms with E-state index < -0.39 is 0 Å². The Bertz CT molecular complexity index is 307. The van der Waals surface area contributed by atoms with Gasteiger partial charge in [0.1, 0.15) is 0 Å². The average Bonchev–Trinajstić information content (AvgIpc) is 2.59. The van der Waals surface area contributed by atoms with Crippen LogP contribution in [0.25, 0.3) is 0 Å². The van der Waals surface area contributed by atoms with E-state index in [9.17, 15) is 0 Å². The Morgan fingerprint density at radius 1 is 1.50 bits per heavy atom. The first-order valence-corrected chi connectivity index (χ1v) is 5.87. The second-order valence-electron chi connectivity index (χ2n) is 4.57. The first-order chi connectivity index (χ1) is 7.55. The second-order valence-corrected chi connectivity index (χ2v) is 4.57. The van der Waals surface area contributed by atoms with E-state index in [2.05, 4.69) is 30.3 Å². The number of aromatic nitrogens is 2. The van der Waals surface area contributed by atoms with Crippen molar-refractivity contribution in [2.24, 2.45) is 7.05 Å². The van der Waals surface area contributed by atoms with Gasteiger partial charge in [0, 0.05) is 45.1 Å². The van der Waals surface area contributed by atoms with E-state index in [0.29, 0.717) is 0 Å². The van der Waals surface area contributed by atoms with Gasteiger partial charge in [-0.15, -0.1) is 0 Å². The molecule has 0 aliphatic heterocycles. The molecular formula is C12H23N3O. The molecule has 1 aromatic heterocycles. The van der Waals surface area contributed by atoms with Gasteiger partial charge in [0.25, 0.3) is 0 Å². The minimum atomic E-state index is -0.0821. The molecule has 0 spiro atoms. The van der Waals surface area contributed by atoms with Crippen molar-refractivity contribution in [2.45, 2.75) is 32.8 Å². The molecule has 0 unspecified atom stereocenters. The summed E-state index contributed by atoms with van der Waals surface area (Å²) in [5, 5.41) is 7.55. The summed E-state index contributed by atoms with van der Waals surface area (Å²) < 4.78 is 7.52. The van der Waals surface area contributed by atoms with E-state index in [1.165, 1.54) is 5.69 Å². The summed E-state index contributed by atoms with van der Waals surface area (Å²) in [5.74, 6) is 0. The van der Waals surface area contributed by atoms with Gasteiger partial charge >= 0.3 is 0 Å². The molecule has 4 nitrogen and oxygen atoms in total. The Morgan fingerprint density at radius 3 is 2.81 bits per heavy atom. The van der Waals surface area contributed by atoms with Crippen molar-refractivity contribution in [3.05, 3.63) is 18.0 Å². The lowest BCUT2D eigenvalue weighted by Crippen LogP contribution is -2.38. The number of ether oxygens (including phenoxy) is 1. The SMILES string of the molecule is CCOC(C)(C)CNCCc1ccnn1C. The highest BCUT2D eigenvalue weighted by atomic mass is 16.5. The number of hydrogen-bond acceptors (Lipinski definition) is 3. The van der Waals surface area contributed by atoms with Crippen molar-refractivity contribution < 1.29 is 4.74 Å². The van der Waals surface area contributed by atoms with Crippen LogP contribution in [0.1, 0.15) is 26.5 Å². The summed E-state index contributed by atoms with van der Waals surface area (Å²) >= 11 is 0. The van der Waals surface area contributed by atoms with Crippen LogP contribution in [-0.4, -0.2) is 35.1 Å². The van der Waals surface area contributed by atoms with E-state index in [-0.39, 0.29) is 5.60 Å². The van der Waals surface area contributed by atoms with Crippen LogP contribution in [0, 0.1) is 0 Å². The Kier molecular flexibility index (Phi) is 4.96. The average molecular weight is 225 g/mol. The Balaban J connectivity index is 2.19. The Labute approximate surface area is 98.0 Å². The third kappa shape index (κ3) is 4.33. The topological polar surface area (TPSA) is 39.1 Å². The van der Waals surface area contributed by atoms with Crippen LogP contribution in [0.15, 0.2) is 12.3 Å². The summed E-state index contributed by atoms with van der Waals surface area (Å²) in [5.41, 5.74) is 1.17. The Hall–Kier alpha value is -0.870. The number of nitrogens with one attached hydrogen (secondary N) is 1. The number of nitrogens with zero attached hydrogens (tertiary/aromatic N) is 2. The van der Waals surface area contributed by atoms with Gasteiger partial charge in [-0.25, -0.2) is 0 Å². The zero-order valence-electron chi connectivity index (χ0n) is 10.8. The molecule has 0 saturated carbocycles. The van der Waals surface area contributed by atoms with Crippen LogP contribution in [0.5, 0.6) is 0 Å². The highest BCUT2D eigenvalue weighted by Gasteiger charge is 2.16. The van der Waals surface area contributed by atoms with E-state index in [0.717, 1.165) is 26.1 Å². The maximum atomic E-state index is 5.61. The molecule has 1 rings (SSSR count). The largest absolute Gasteiger partial charge is 0.375 e. The maximum Gasteiger partial charge on any atom is 0.0750 e. The second kappa shape index (κ2) is 6.01. The molecule has 0 aromatic carbocycles. The molecule has 0 bridgehead atoms. The van der Waals surface area contributed by atoms with E-state index in [1.807, 2.05) is 24.9 Å². The van der Waals surface area contributed by atoms with E-state index >= 15 is 0 Å². The molecule has 0 aliphatic carbocycles. The molecule has 0 aliphatic rings. The number of hydrogen-bond donors (Lipinski definition) is 1. The van der Waals surface area contributed by atoms with Crippen molar-refractivity contribution in [2.75, 3.05) is 19.7 Å². The molecule has 16 heavy (non-hydrogen) atoms. The highest BCUT2D eigenvalue weighted by molar-refractivity contribution is 5.00. The normalized spacial score (nSPS) is 12.0. The molecule has 0 amide bonds.